The van der Waals surface area contributed by atoms with E-state index < -0.39 is 5.97 Å². The number of methoxy groups -OCH3 is 1. The van der Waals surface area contributed by atoms with Gasteiger partial charge >= 0.3 is 5.97 Å². The number of fused-ring (bicyclic) bond motifs is 1. The Kier molecular flexibility index (Phi) is 6.00. The highest BCUT2D eigenvalue weighted by atomic mass is 16.5. The molecule has 0 aliphatic heterocycles. The Morgan fingerprint density at radius 2 is 1.96 bits per heavy atom. The van der Waals surface area contributed by atoms with E-state index in [1.54, 1.807) is 31.8 Å². The number of aromatic nitrogens is 3. The van der Waals surface area contributed by atoms with Crippen molar-refractivity contribution in [2.75, 3.05) is 26.9 Å². The highest BCUT2D eigenvalue weighted by Crippen LogP contribution is 2.27. The van der Waals surface area contributed by atoms with E-state index in [0.29, 0.717) is 41.1 Å². The first-order chi connectivity index (χ1) is 13.5. The second kappa shape index (κ2) is 8.62. The molecular weight excluding hydrogens is 360 g/mol. The third-order valence-electron chi connectivity index (χ3n) is 4.22. The summed E-state index contributed by atoms with van der Waals surface area (Å²) >= 11 is 0. The van der Waals surface area contributed by atoms with E-state index >= 15 is 0 Å². The summed E-state index contributed by atoms with van der Waals surface area (Å²) in [6, 6.07) is 11.2. The van der Waals surface area contributed by atoms with Gasteiger partial charge in [0.05, 0.1) is 28.9 Å². The number of hydrogen-bond acceptors (Lipinski definition) is 6. The molecule has 1 aromatic carbocycles. The summed E-state index contributed by atoms with van der Waals surface area (Å²) in [4.78, 5) is 29.2. The molecule has 0 aliphatic carbocycles. The van der Waals surface area contributed by atoms with Crippen LogP contribution in [0.4, 0.5) is 0 Å². The Morgan fingerprint density at radius 3 is 2.68 bits per heavy atom. The zero-order chi connectivity index (χ0) is 20.1. The van der Waals surface area contributed by atoms with Gasteiger partial charge in [-0.15, -0.1) is 0 Å². The number of carbonyl (C=O) groups is 2. The van der Waals surface area contributed by atoms with E-state index in [1.807, 2.05) is 30.3 Å². The van der Waals surface area contributed by atoms with Gasteiger partial charge in [-0.05, 0) is 13.0 Å². The molecule has 1 N–H and O–H groups in total. The fourth-order valence-corrected chi connectivity index (χ4v) is 2.92. The molecule has 0 aliphatic rings. The van der Waals surface area contributed by atoms with Crippen molar-refractivity contribution < 1.29 is 19.1 Å². The first-order valence-electron chi connectivity index (χ1n) is 8.83. The number of carbonyl (C=O) groups excluding carboxylic acids is 2. The summed E-state index contributed by atoms with van der Waals surface area (Å²) in [6.45, 7) is 2.18. The average Bonchev–Trinajstić information content (AvgIpc) is 3.00. The van der Waals surface area contributed by atoms with Gasteiger partial charge in [0.15, 0.2) is 12.3 Å². The average molecular weight is 382 g/mol. The van der Waals surface area contributed by atoms with Crippen LogP contribution in [0.3, 0.4) is 0 Å². The van der Waals surface area contributed by atoms with Gasteiger partial charge in [0.1, 0.15) is 0 Å². The number of aryl methyl sites for hydroxylation is 2. The molecule has 0 saturated heterocycles. The van der Waals surface area contributed by atoms with E-state index in [0.717, 1.165) is 5.56 Å². The van der Waals surface area contributed by atoms with E-state index in [1.165, 1.54) is 0 Å². The maximum absolute atomic E-state index is 12.7. The van der Waals surface area contributed by atoms with Gasteiger partial charge in [0.2, 0.25) is 0 Å². The highest BCUT2D eigenvalue weighted by Gasteiger charge is 2.21. The highest BCUT2D eigenvalue weighted by molar-refractivity contribution is 6.05. The van der Waals surface area contributed by atoms with Crippen LogP contribution in [0.2, 0.25) is 0 Å². The monoisotopic (exact) mass is 382 g/mol. The quantitative estimate of drug-likeness (QED) is 0.495. The topological polar surface area (TPSA) is 95.3 Å². The van der Waals surface area contributed by atoms with E-state index in [9.17, 15) is 9.59 Å². The van der Waals surface area contributed by atoms with Gasteiger partial charge < -0.3 is 14.8 Å². The molecule has 3 rings (SSSR count). The fraction of sp³-hybridized carbons (Fsp3) is 0.300. The standard InChI is InChI=1S/C20H22N4O4/c1-13-18-15(20(26)28-12-17(25)21-9-10-27-3)11-16(14-7-5-4-6-8-14)22-19(18)24(2)23-13/h4-8,11H,9-10,12H2,1-3H3,(H,21,25). The zero-order valence-electron chi connectivity index (χ0n) is 16.1. The minimum atomic E-state index is -0.595. The van der Waals surface area contributed by atoms with Crippen molar-refractivity contribution in [3.63, 3.8) is 0 Å². The number of nitrogens with zero attached hydrogens (tertiary/aromatic N) is 3. The van der Waals surface area contributed by atoms with Crippen molar-refractivity contribution in [3.8, 4) is 11.3 Å². The molecule has 0 atom stereocenters. The summed E-state index contributed by atoms with van der Waals surface area (Å²) in [5.74, 6) is -0.982. The van der Waals surface area contributed by atoms with Gasteiger partial charge in [-0.25, -0.2) is 9.78 Å². The number of amides is 1. The Balaban J connectivity index is 1.90. The van der Waals surface area contributed by atoms with Crippen LogP contribution in [-0.2, 0) is 21.3 Å². The molecule has 0 fully saturated rings. The van der Waals surface area contributed by atoms with Crippen LogP contribution in [0.15, 0.2) is 36.4 Å². The number of benzene rings is 1. The molecule has 146 valence electrons. The van der Waals surface area contributed by atoms with Gasteiger partial charge in [0.25, 0.3) is 5.91 Å². The van der Waals surface area contributed by atoms with Crippen LogP contribution in [0.25, 0.3) is 22.3 Å². The number of ether oxygens (including phenoxy) is 2. The summed E-state index contributed by atoms with van der Waals surface area (Å²) in [5, 5.41) is 7.59. The molecule has 8 nitrogen and oxygen atoms in total. The molecule has 2 aromatic heterocycles. The second-order valence-electron chi connectivity index (χ2n) is 6.25. The molecule has 3 aromatic rings. The largest absolute Gasteiger partial charge is 0.452 e. The van der Waals surface area contributed by atoms with Crippen LogP contribution >= 0.6 is 0 Å². The lowest BCUT2D eigenvalue weighted by molar-refractivity contribution is -0.124. The first-order valence-corrected chi connectivity index (χ1v) is 8.83. The third-order valence-corrected chi connectivity index (χ3v) is 4.22. The van der Waals surface area contributed by atoms with Crippen molar-refractivity contribution in [1.29, 1.82) is 0 Å². The van der Waals surface area contributed by atoms with Gasteiger partial charge in [-0.3, -0.25) is 9.48 Å². The zero-order valence-corrected chi connectivity index (χ0v) is 16.1. The Labute approximate surface area is 162 Å². The molecule has 28 heavy (non-hydrogen) atoms. The lowest BCUT2D eigenvalue weighted by Gasteiger charge is -2.09. The second-order valence-corrected chi connectivity index (χ2v) is 6.25. The van der Waals surface area contributed by atoms with Crippen LogP contribution < -0.4 is 5.32 Å². The van der Waals surface area contributed by atoms with Gasteiger partial charge in [-0.2, -0.15) is 5.10 Å². The number of rotatable bonds is 7. The molecule has 0 unspecified atom stereocenters. The minimum Gasteiger partial charge on any atom is -0.452 e. The van der Waals surface area contributed by atoms with E-state index in [4.69, 9.17) is 9.47 Å². The summed E-state index contributed by atoms with van der Waals surface area (Å²) < 4.78 is 11.7. The SMILES string of the molecule is COCCNC(=O)COC(=O)c1cc(-c2ccccc2)nc2c1c(C)nn2C. The van der Waals surface area contributed by atoms with Crippen LogP contribution in [0, 0.1) is 6.92 Å². The molecule has 8 heteroatoms. The maximum Gasteiger partial charge on any atom is 0.339 e. The van der Waals surface area contributed by atoms with Crippen molar-refractivity contribution >= 4 is 22.9 Å². The molecule has 0 bridgehead atoms. The molecule has 0 saturated carbocycles. The number of hydrogen-bond donors (Lipinski definition) is 1. The Morgan fingerprint density at radius 1 is 1.21 bits per heavy atom. The number of esters is 1. The van der Waals surface area contributed by atoms with E-state index in [-0.39, 0.29) is 12.5 Å². The lowest BCUT2D eigenvalue weighted by Crippen LogP contribution is -2.31. The van der Waals surface area contributed by atoms with Crippen molar-refractivity contribution in [2.45, 2.75) is 6.92 Å². The summed E-state index contributed by atoms with van der Waals surface area (Å²) in [7, 11) is 3.32. The van der Waals surface area contributed by atoms with E-state index in [2.05, 4.69) is 15.4 Å². The molecule has 1 amide bonds. The lowest BCUT2D eigenvalue weighted by atomic mass is 10.1. The molecule has 0 spiro atoms. The van der Waals surface area contributed by atoms with Crippen molar-refractivity contribution in [1.82, 2.24) is 20.1 Å². The van der Waals surface area contributed by atoms with Crippen molar-refractivity contribution in [2.24, 2.45) is 7.05 Å². The third kappa shape index (κ3) is 4.17. The summed E-state index contributed by atoms with van der Waals surface area (Å²) in [5.41, 5.74) is 3.08. The maximum atomic E-state index is 12.7. The molecule has 2 heterocycles. The van der Waals surface area contributed by atoms with Crippen LogP contribution in [-0.4, -0.2) is 53.5 Å². The van der Waals surface area contributed by atoms with Crippen LogP contribution in [0.5, 0.6) is 0 Å². The predicted molar refractivity (Wildman–Crippen MR) is 104 cm³/mol. The first kappa shape index (κ1) is 19.5. The van der Waals surface area contributed by atoms with Crippen molar-refractivity contribution in [3.05, 3.63) is 47.7 Å². The Bertz CT molecular complexity index is 998. The Hall–Kier alpha value is -3.26. The van der Waals surface area contributed by atoms with Gasteiger partial charge in [-0.1, -0.05) is 30.3 Å². The molecular formula is C20H22N4O4. The predicted octanol–water partition coefficient (Wildman–Crippen LogP) is 1.86. The van der Waals surface area contributed by atoms with Gasteiger partial charge in [0, 0.05) is 26.3 Å². The number of pyridine rings is 1. The smallest absolute Gasteiger partial charge is 0.339 e. The molecule has 0 radical (unpaired) electrons. The minimum absolute atomic E-state index is 0.333. The fourth-order valence-electron chi connectivity index (χ4n) is 2.92. The van der Waals surface area contributed by atoms with Crippen LogP contribution in [0.1, 0.15) is 16.1 Å². The normalized spacial score (nSPS) is 10.8. The summed E-state index contributed by atoms with van der Waals surface area (Å²) in [6.07, 6.45) is 0. The number of nitrogens with one attached hydrogen (secondary N) is 1.